The van der Waals surface area contributed by atoms with Crippen molar-refractivity contribution < 1.29 is 18.7 Å². The highest BCUT2D eigenvalue weighted by molar-refractivity contribution is 7.99. The number of ether oxygens (including phenoxy) is 1. The second-order valence-electron chi connectivity index (χ2n) is 7.57. The third kappa shape index (κ3) is 4.71. The number of halogens is 1. The second kappa shape index (κ2) is 9.83. The van der Waals surface area contributed by atoms with E-state index < -0.39 is 5.97 Å². The number of hydrogen-bond donors (Lipinski definition) is 1. The van der Waals surface area contributed by atoms with Crippen LogP contribution in [0.1, 0.15) is 47.8 Å². The summed E-state index contributed by atoms with van der Waals surface area (Å²) in [5.74, 6) is 0.339. The van der Waals surface area contributed by atoms with E-state index in [1.807, 2.05) is 11.6 Å². The number of carbonyl (C=O) groups is 2. The number of methoxy groups -OCH3 is 1. The molecule has 0 bridgehead atoms. The number of thioether (sulfide) groups is 1. The number of esters is 1. The fraction of sp³-hybridized carbons (Fsp3) is 0.364. The van der Waals surface area contributed by atoms with Crippen LogP contribution in [0.5, 0.6) is 0 Å². The van der Waals surface area contributed by atoms with Crippen LogP contribution in [-0.2, 0) is 16.6 Å². The Morgan fingerprint density at radius 3 is 2.66 bits per heavy atom. The molecule has 0 atom stereocenters. The molecule has 1 amide bonds. The third-order valence-electron chi connectivity index (χ3n) is 5.51. The van der Waals surface area contributed by atoms with Gasteiger partial charge in [-0.25, -0.2) is 9.18 Å². The normalized spacial score (nSPS) is 14.0. The lowest BCUT2D eigenvalue weighted by molar-refractivity contribution is -0.113. The summed E-state index contributed by atoms with van der Waals surface area (Å²) in [6.45, 7) is 0. The zero-order valence-corrected chi connectivity index (χ0v) is 19.4. The Hall–Kier alpha value is -2.72. The average molecular weight is 475 g/mol. The van der Waals surface area contributed by atoms with Crippen LogP contribution < -0.4 is 5.32 Å². The lowest BCUT2D eigenvalue weighted by Gasteiger charge is -2.09. The molecule has 0 spiro atoms. The minimum absolute atomic E-state index is 0.126. The lowest BCUT2D eigenvalue weighted by atomic mass is 10.0. The van der Waals surface area contributed by atoms with Crippen molar-refractivity contribution in [3.8, 4) is 11.1 Å². The Morgan fingerprint density at radius 1 is 1.25 bits per heavy atom. The molecule has 0 aliphatic heterocycles. The molecule has 2 aromatic heterocycles. The van der Waals surface area contributed by atoms with Gasteiger partial charge in [-0.05, 0) is 30.5 Å². The Kier molecular flexibility index (Phi) is 6.90. The van der Waals surface area contributed by atoms with Crippen LogP contribution in [0, 0.1) is 5.82 Å². The van der Waals surface area contributed by atoms with E-state index in [1.54, 1.807) is 17.5 Å². The van der Waals surface area contributed by atoms with Crippen LogP contribution in [0.4, 0.5) is 9.39 Å². The van der Waals surface area contributed by atoms with E-state index in [0.717, 1.165) is 18.7 Å². The van der Waals surface area contributed by atoms with Gasteiger partial charge in [-0.15, -0.1) is 21.5 Å². The van der Waals surface area contributed by atoms with Crippen LogP contribution >= 0.6 is 23.1 Å². The van der Waals surface area contributed by atoms with Crippen molar-refractivity contribution in [3.63, 3.8) is 0 Å². The van der Waals surface area contributed by atoms with Crippen molar-refractivity contribution >= 4 is 40.0 Å². The SMILES string of the molecule is COC(=O)c1c(-c2ccc(F)cc2)csc1NC(=O)CSc1nnc(C2CCCC2)n1C. The number of nitrogens with zero attached hydrogens (tertiary/aromatic N) is 3. The first-order valence-corrected chi connectivity index (χ1v) is 12.1. The van der Waals surface area contributed by atoms with Crippen molar-refractivity contribution in [3.05, 3.63) is 46.9 Å². The fourth-order valence-corrected chi connectivity index (χ4v) is 5.57. The van der Waals surface area contributed by atoms with Crippen LogP contribution in [0.15, 0.2) is 34.8 Å². The maximum absolute atomic E-state index is 13.3. The molecule has 0 saturated heterocycles. The zero-order chi connectivity index (χ0) is 22.7. The molecule has 1 fully saturated rings. The molecular formula is C22H23FN4O3S2. The first-order chi connectivity index (χ1) is 15.5. The molecular weight excluding hydrogens is 451 g/mol. The lowest BCUT2D eigenvalue weighted by Crippen LogP contribution is -2.16. The Bertz CT molecular complexity index is 1120. The molecule has 1 aliphatic rings. The van der Waals surface area contributed by atoms with Gasteiger partial charge < -0.3 is 14.6 Å². The number of amides is 1. The van der Waals surface area contributed by atoms with E-state index in [2.05, 4.69) is 15.5 Å². The maximum Gasteiger partial charge on any atom is 0.341 e. The molecule has 2 heterocycles. The van der Waals surface area contributed by atoms with Crippen LogP contribution in [-0.4, -0.2) is 39.5 Å². The highest BCUT2D eigenvalue weighted by atomic mass is 32.2. The van der Waals surface area contributed by atoms with E-state index in [1.165, 1.54) is 55.2 Å². The van der Waals surface area contributed by atoms with Crippen molar-refractivity contribution in [1.29, 1.82) is 0 Å². The Balaban J connectivity index is 1.46. The number of nitrogens with one attached hydrogen (secondary N) is 1. The summed E-state index contributed by atoms with van der Waals surface area (Å²) in [6, 6.07) is 5.82. The number of hydrogen-bond acceptors (Lipinski definition) is 7. The molecule has 10 heteroatoms. The fourth-order valence-electron chi connectivity index (χ4n) is 3.88. The second-order valence-corrected chi connectivity index (χ2v) is 9.39. The average Bonchev–Trinajstić information content (AvgIpc) is 3.53. The quantitative estimate of drug-likeness (QED) is 0.389. The van der Waals surface area contributed by atoms with Gasteiger partial charge in [0.2, 0.25) is 5.91 Å². The molecule has 32 heavy (non-hydrogen) atoms. The van der Waals surface area contributed by atoms with Crippen molar-refractivity contribution in [2.24, 2.45) is 7.05 Å². The molecule has 1 saturated carbocycles. The van der Waals surface area contributed by atoms with Gasteiger partial charge in [-0.2, -0.15) is 0 Å². The summed E-state index contributed by atoms with van der Waals surface area (Å²) in [5, 5.41) is 14.2. The first kappa shape index (κ1) is 22.5. The number of carbonyl (C=O) groups excluding carboxylic acids is 2. The largest absolute Gasteiger partial charge is 0.465 e. The van der Waals surface area contributed by atoms with Crippen molar-refractivity contribution in [2.75, 3.05) is 18.2 Å². The smallest absolute Gasteiger partial charge is 0.341 e. The summed E-state index contributed by atoms with van der Waals surface area (Å²) >= 11 is 2.53. The summed E-state index contributed by atoms with van der Waals surface area (Å²) < 4.78 is 20.2. The van der Waals surface area contributed by atoms with E-state index >= 15 is 0 Å². The van der Waals surface area contributed by atoms with Gasteiger partial charge in [0.25, 0.3) is 0 Å². The monoisotopic (exact) mass is 474 g/mol. The molecule has 4 rings (SSSR count). The summed E-state index contributed by atoms with van der Waals surface area (Å²) in [5.41, 5.74) is 1.50. The number of thiophene rings is 1. The van der Waals surface area contributed by atoms with Crippen LogP contribution in [0.3, 0.4) is 0 Å². The van der Waals surface area contributed by atoms with Gasteiger partial charge in [0.05, 0.1) is 12.9 Å². The summed E-state index contributed by atoms with van der Waals surface area (Å²) in [6.07, 6.45) is 4.68. The van der Waals surface area contributed by atoms with Crippen LogP contribution in [0.2, 0.25) is 0 Å². The van der Waals surface area contributed by atoms with Gasteiger partial charge >= 0.3 is 5.97 Å². The van der Waals surface area contributed by atoms with E-state index in [0.29, 0.717) is 27.2 Å². The van der Waals surface area contributed by atoms with Crippen molar-refractivity contribution in [1.82, 2.24) is 14.8 Å². The predicted octanol–water partition coefficient (Wildman–Crippen LogP) is 4.86. The standard InChI is InChI=1S/C22H23FN4O3S2/c1-27-19(14-5-3-4-6-14)25-26-22(27)32-12-17(28)24-20-18(21(29)30-2)16(11-31-20)13-7-9-15(23)10-8-13/h7-11,14H,3-6,12H2,1-2H3,(H,24,28). The zero-order valence-electron chi connectivity index (χ0n) is 17.8. The highest BCUT2D eigenvalue weighted by Crippen LogP contribution is 2.37. The van der Waals surface area contributed by atoms with Crippen LogP contribution in [0.25, 0.3) is 11.1 Å². The third-order valence-corrected chi connectivity index (χ3v) is 7.43. The number of anilines is 1. The molecule has 168 valence electrons. The van der Waals surface area contributed by atoms with E-state index in [-0.39, 0.29) is 23.0 Å². The number of benzene rings is 1. The van der Waals surface area contributed by atoms with Gasteiger partial charge in [-0.1, -0.05) is 36.7 Å². The molecule has 1 aliphatic carbocycles. The van der Waals surface area contributed by atoms with Gasteiger partial charge in [0.15, 0.2) is 5.16 Å². The van der Waals surface area contributed by atoms with E-state index in [9.17, 15) is 14.0 Å². The molecule has 0 unspecified atom stereocenters. The summed E-state index contributed by atoms with van der Waals surface area (Å²) in [4.78, 5) is 25.1. The van der Waals surface area contributed by atoms with Crippen molar-refractivity contribution in [2.45, 2.75) is 36.8 Å². The molecule has 1 N–H and O–H groups in total. The minimum atomic E-state index is -0.567. The Morgan fingerprint density at radius 2 is 1.97 bits per heavy atom. The predicted molar refractivity (Wildman–Crippen MR) is 123 cm³/mol. The molecule has 7 nitrogen and oxygen atoms in total. The van der Waals surface area contributed by atoms with Gasteiger partial charge in [0.1, 0.15) is 22.2 Å². The number of rotatable bonds is 7. The highest BCUT2D eigenvalue weighted by Gasteiger charge is 2.25. The van der Waals surface area contributed by atoms with Gasteiger partial charge in [-0.3, -0.25) is 4.79 Å². The first-order valence-electron chi connectivity index (χ1n) is 10.3. The Labute approximate surface area is 193 Å². The maximum atomic E-state index is 13.3. The number of aromatic nitrogens is 3. The van der Waals surface area contributed by atoms with E-state index in [4.69, 9.17) is 4.74 Å². The summed E-state index contributed by atoms with van der Waals surface area (Å²) in [7, 11) is 3.21. The molecule has 0 radical (unpaired) electrons. The minimum Gasteiger partial charge on any atom is -0.465 e. The molecule has 1 aromatic carbocycles. The topological polar surface area (TPSA) is 86.1 Å². The van der Waals surface area contributed by atoms with Gasteiger partial charge in [0, 0.05) is 23.9 Å². The molecule has 3 aromatic rings.